The number of nitrogens with one attached hydrogen (secondary N) is 1. The molecule has 0 aliphatic heterocycles. The second kappa shape index (κ2) is 7.33. The average Bonchev–Trinajstić information content (AvgIpc) is 2.64. The van der Waals surface area contributed by atoms with E-state index >= 15 is 0 Å². The van der Waals surface area contributed by atoms with Crippen LogP contribution in [-0.4, -0.2) is 16.6 Å². The fourth-order valence-corrected chi connectivity index (χ4v) is 2.40. The molecule has 0 spiro atoms. The number of amides is 1. The quantitative estimate of drug-likeness (QED) is 0.591. The van der Waals surface area contributed by atoms with E-state index in [-0.39, 0.29) is 5.91 Å². The Morgan fingerprint density at radius 2 is 1.50 bits per heavy atom. The van der Waals surface area contributed by atoms with Crippen LogP contribution >= 0.6 is 0 Å². The Morgan fingerprint density at radius 3 is 2.21 bits per heavy atom. The molecular weight excluding hydrogens is 298 g/mol. The second-order valence-corrected chi connectivity index (χ2v) is 5.32. The summed E-state index contributed by atoms with van der Waals surface area (Å²) in [5, 5.41) is 4.37. The highest BCUT2D eigenvalue weighted by atomic mass is 16.2. The molecule has 1 heterocycles. The molecule has 0 saturated carbocycles. The summed E-state index contributed by atoms with van der Waals surface area (Å²) in [6.45, 7) is 1.90. The first-order chi connectivity index (χ1) is 11.8. The zero-order valence-corrected chi connectivity index (χ0v) is 13.3. The van der Waals surface area contributed by atoms with E-state index in [2.05, 4.69) is 15.5 Å². The minimum atomic E-state index is -0.226. The molecule has 1 N–H and O–H groups in total. The van der Waals surface area contributed by atoms with Crippen molar-refractivity contribution in [2.45, 2.75) is 6.92 Å². The Bertz CT molecular complexity index is 817. The van der Waals surface area contributed by atoms with E-state index in [9.17, 15) is 4.79 Å². The number of hydrogen-bond donors (Lipinski definition) is 1. The molecule has 0 saturated heterocycles. The summed E-state index contributed by atoms with van der Waals surface area (Å²) in [7, 11) is 0. The van der Waals surface area contributed by atoms with Crippen molar-refractivity contribution < 1.29 is 4.79 Å². The van der Waals surface area contributed by atoms with Crippen LogP contribution in [0.15, 0.2) is 84.2 Å². The first-order valence-electron chi connectivity index (χ1n) is 7.65. The number of hydrogen-bond acceptors (Lipinski definition) is 3. The SMILES string of the molecule is Cc1ccccc1C(=O)NN=C(c1ccccc1)c1ccncc1. The summed E-state index contributed by atoms with van der Waals surface area (Å²) in [6, 6.07) is 20.9. The minimum absolute atomic E-state index is 0.226. The monoisotopic (exact) mass is 315 g/mol. The smallest absolute Gasteiger partial charge is 0.267 e. The van der Waals surface area contributed by atoms with Crippen molar-refractivity contribution >= 4 is 11.6 Å². The summed E-state index contributed by atoms with van der Waals surface area (Å²) in [5.41, 5.74) is 6.70. The van der Waals surface area contributed by atoms with E-state index < -0.39 is 0 Å². The van der Waals surface area contributed by atoms with Crippen LogP contribution in [0.25, 0.3) is 0 Å². The predicted molar refractivity (Wildman–Crippen MR) is 95.0 cm³/mol. The molecule has 0 bridgehead atoms. The van der Waals surface area contributed by atoms with E-state index in [1.165, 1.54) is 0 Å². The van der Waals surface area contributed by atoms with Crippen LogP contribution in [0.3, 0.4) is 0 Å². The fraction of sp³-hybridized carbons (Fsp3) is 0.0500. The van der Waals surface area contributed by atoms with Gasteiger partial charge in [0, 0.05) is 29.1 Å². The molecule has 3 aromatic rings. The maximum atomic E-state index is 12.4. The zero-order chi connectivity index (χ0) is 16.8. The molecule has 0 aliphatic rings. The van der Waals surface area contributed by atoms with Crippen molar-refractivity contribution in [3.05, 3.63) is 101 Å². The number of carbonyl (C=O) groups is 1. The van der Waals surface area contributed by atoms with E-state index in [4.69, 9.17) is 0 Å². The normalized spacial score (nSPS) is 11.1. The minimum Gasteiger partial charge on any atom is -0.267 e. The van der Waals surface area contributed by atoms with Crippen LogP contribution in [0.4, 0.5) is 0 Å². The molecule has 1 aromatic heterocycles. The number of benzene rings is 2. The van der Waals surface area contributed by atoms with Gasteiger partial charge in [-0.1, -0.05) is 48.5 Å². The van der Waals surface area contributed by atoms with Gasteiger partial charge in [-0.05, 0) is 30.7 Å². The third-order valence-electron chi connectivity index (χ3n) is 3.66. The van der Waals surface area contributed by atoms with E-state index in [1.807, 2.05) is 67.6 Å². The molecule has 118 valence electrons. The average molecular weight is 315 g/mol. The Balaban J connectivity index is 1.93. The molecule has 4 nitrogen and oxygen atoms in total. The van der Waals surface area contributed by atoms with Gasteiger partial charge in [-0.25, -0.2) is 5.43 Å². The van der Waals surface area contributed by atoms with Gasteiger partial charge in [0.25, 0.3) is 5.91 Å². The number of nitrogens with zero attached hydrogens (tertiary/aromatic N) is 2. The lowest BCUT2D eigenvalue weighted by Crippen LogP contribution is -2.21. The number of hydrazone groups is 1. The first kappa shape index (κ1) is 15.6. The van der Waals surface area contributed by atoms with Crippen molar-refractivity contribution in [2.24, 2.45) is 5.10 Å². The molecular formula is C20H17N3O. The Morgan fingerprint density at radius 1 is 0.875 bits per heavy atom. The summed E-state index contributed by atoms with van der Waals surface area (Å²) in [5.74, 6) is -0.226. The maximum absolute atomic E-state index is 12.4. The molecule has 0 unspecified atom stereocenters. The largest absolute Gasteiger partial charge is 0.271 e. The Labute approximate surface area is 140 Å². The maximum Gasteiger partial charge on any atom is 0.271 e. The highest BCUT2D eigenvalue weighted by Gasteiger charge is 2.10. The number of carbonyl (C=O) groups excluding carboxylic acids is 1. The predicted octanol–water partition coefficient (Wildman–Crippen LogP) is 3.57. The highest BCUT2D eigenvalue weighted by Crippen LogP contribution is 2.11. The van der Waals surface area contributed by atoms with Crippen LogP contribution in [0.2, 0.25) is 0 Å². The number of aromatic nitrogens is 1. The summed E-state index contributed by atoms with van der Waals surface area (Å²) in [6.07, 6.45) is 3.41. The first-order valence-corrected chi connectivity index (χ1v) is 7.65. The van der Waals surface area contributed by atoms with Crippen LogP contribution < -0.4 is 5.43 Å². The van der Waals surface area contributed by atoms with Gasteiger partial charge in [0.05, 0.1) is 5.71 Å². The van der Waals surface area contributed by atoms with Gasteiger partial charge < -0.3 is 0 Å². The van der Waals surface area contributed by atoms with E-state index in [1.54, 1.807) is 18.5 Å². The standard InChI is InChI=1S/C20H17N3O/c1-15-7-5-6-10-18(15)20(24)23-22-19(16-8-3-2-4-9-16)17-11-13-21-14-12-17/h2-14H,1H3,(H,23,24). The van der Waals surface area contributed by atoms with E-state index in [0.29, 0.717) is 11.3 Å². The Kier molecular flexibility index (Phi) is 4.77. The lowest BCUT2D eigenvalue weighted by atomic mass is 10.0. The van der Waals surface area contributed by atoms with Crippen molar-refractivity contribution in [1.82, 2.24) is 10.4 Å². The molecule has 0 radical (unpaired) electrons. The number of pyridine rings is 1. The molecule has 0 aliphatic carbocycles. The number of rotatable bonds is 4. The second-order valence-electron chi connectivity index (χ2n) is 5.32. The lowest BCUT2D eigenvalue weighted by Gasteiger charge is -2.08. The number of aryl methyl sites for hydroxylation is 1. The van der Waals surface area contributed by atoms with Crippen molar-refractivity contribution in [1.29, 1.82) is 0 Å². The third-order valence-corrected chi connectivity index (χ3v) is 3.66. The van der Waals surface area contributed by atoms with Gasteiger partial charge in [-0.3, -0.25) is 9.78 Å². The molecule has 0 atom stereocenters. The van der Waals surface area contributed by atoms with Crippen molar-refractivity contribution in [3.63, 3.8) is 0 Å². The van der Waals surface area contributed by atoms with Crippen molar-refractivity contribution in [3.8, 4) is 0 Å². The summed E-state index contributed by atoms with van der Waals surface area (Å²) >= 11 is 0. The van der Waals surface area contributed by atoms with Gasteiger partial charge in [-0.2, -0.15) is 5.10 Å². The molecule has 4 heteroatoms. The van der Waals surface area contributed by atoms with Crippen LogP contribution in [-0.2, 0) is 0 Å². The Hall–Kier alpha value is -3.27. The van der Waals surface area contributed by atoms with Crippen LogP contribution in [0.5, 0.6) is 0 Å². The zero-order valence-electron chi connectivity index (χ0n) is 13.3. The molecule has 1 amide bonds. The van der Waals surface area contributed by atoms with Crippen LogP contribution in [0.1, 0.15) is 27.0 Å². The van der Waals surface area contributed by atoms with Crippen molar-refractivity contribution in [2.75, 3.05) is 0 Å². The fourth-order valence-electron chi connectivity index (χ4n) is 2.40. The molecule has 24 heavy (non-hydrogen) atoms. The van der Waals surface area contributed by atoms with Crippen LogP contribution in [0, 0.1) is 6.92 Å². The lowest BCUT2D eigenvalue weighted by molar-refractivity contribution is 0.0954. The van der Waals surface area contributed by atoms with E-state index in [0.717, 1.165) is 16.7 Å². The van der Waals surface area contributed by atoms with Gasteiger partial charge in [-0.15, -0.1) is 0 Å². The van der Waals surface area contributed by atoms with Gasteiger partial charge in [0.2, 0.25) is 0 Å². The van der Waals surface area contributed by atoms with Gasteiger partial charge in [0.15, 0.2) is 0 Å². The molecule has 0 fully saturated rings. The molecule has 3 rings (SSSR count). The topological polar surface area (TPSA) is 54.4 Å². The highest BCUT2D eigenvalue weighted by molar-refractivity contribution is 6.13. The summed E-state index contributed by atoms with van der Waals surface area (Å²) < 4.78 is 0. The molecule has 2 aromatic carbocycles. The third kappa shape index (κ3) is 3.55. The summed E-state index contributed by atoms with van der Waals surface area (Å²) in [4.78, 5) is 16.4. The van der Waals surface area contributed by atoms with Gasteiger partial charge >= 0.3 is 0 Å². The van der Waals surface area contributed by atoms with Gasteiger partial charge in [0.1, 0.15) is 0 Å².